The van der Waals surface area contributed by atoms with E-state index in [1.165, 1.54) is 48.4 Å². The van der Waals surface area contributed by atoms with E-state index in [0.29, 0.717) is 17.0 Å². The molecule has 1 amide bonds. The SMILES string of the molecule is COc1cccc(-c2c(NC(=O)c3ccco3)n(-c3ccc(F)cc3)nc(C)c2=O)c1. The molecule has 0 spiro atoms. The predicted molar refractivity (Wildman–Crippen MR) is 113 cm³/mol. The number of methoxy groups -OCH3 is 1. The van der Waals surface area contributed by atoms with Crippen molar-refractivity contribution >= 4 is 11.7 Å². The maximum absolute atomic E-state index is 13.5. The maximum atomic E-state index is 13.5. The molecule has 0 fully saturated rings. The molecule has 4 rings (SSSR count). The number of carbonyl (C=O) groups excluding carboxylic acids is 1. The molecule has 4 aromatic rings. The van der Waals surface area contributed by atoms with E-state index in [4.69, 9.17) is 9.15 Å². The third-order valence-electron chi connectivity index (χ3n) is 4.66. The molecule has 0 bridgehead atoms. The standard InChI is InChI=1S/C23H18FN3O4/c1-14-21(28)20(15-5-3-6-18(13-15)30-2)22(25-23(29)19-7-4-12-31-19)27(26-14)17-10-8-16(24)9-11-17/h3-13H,1-2H3,(H,25,29). The number of halogens is 1. The predicted octanol–water partition coefficient (Wildman–Crippen LogP) is 4.20. The molecule has 156 valence electrons. The summed E-state index contributed by atoms with van der Waals surface area (Å²) >= 11 is 0. The van der Waals surface area contributed by atoms with Gasteiger partial charge in [-0.2, -0.15) is 5.10 Å². The van der Waals surface area contributed by atoms with Gasteiger partial charge in [-0.05, 0) is 61.0 Å². The van der Waals surface area contributed by atoms with Crippen LogP contribution < -0.4 is 15.5 Å². The normalized spacial score (nSPS) is 10.7. The Balaban J connectivity index is 1.98. The van der Waals surface area contributed by atoms with E-state index in [2.05, 4.69) is 10.4 Å². The van der Waals surface area contributed by atoms with Gasteiger partial charge in [0.2, 0.25) is 5.43 Å². The van der Waals surface area contributed by atoms with Crippen LogP contribution >= 0.6 is 0 Å². The molecule has 0 saturated carbocycles. The van der Waals surface area contributed by atoms with Crippen LogP contribution in [0, 0.1) is 12.7 Å². The smallest absolute Gasteiger partial charge is 0.292 e. The molecule has 1 N–H and O–H groups in total. The number of anilines is 1. The summed E-state index contributed by atoms with van der Waals surface area (Å²) in [6.07, 6.45) is 1.37. The highest BCUT2D eigenvalue weighted by Crippen LogP contribution is 2.30. The number of rotatable bonds is 5. The van der Waals surface area contributed by atoms with Crippen LogP contribution in [0.15, 0.2) is 76.1 Å². The minimum atomic E-state index is -0.560. The van der Waals surface area contributed by atoms with E-state index in [9.17, 15) is 14.0 Å². The fraction of sp³-hybridized carbons (Fsp3) is 0.0870. The van der Waals surface area contributed by atoms with Crippen LogP contribution in [0.4, 0.5) is 10.2 Å². The maximum Gasteiger partial charge on any atom is 0.292 e. The van der Waals surface area contributed by atoms with E-state index < -0.39 is 11.7 Å². The molecular formula is C23H18FN3O4. The van der Waals surface area contributed by atoms with Crippen molar-refractivity contribution in [2.24, 2.45) is 0 Å². The van der Waals surface area contributed by atoms with Crippen molar-refractivity contribution in [3.63, 3.8) is 0 Å². The summed E-state index contributed by atoms with van der Waals surface area (Å²) in [7, 11) is 1.52. The van der Waals surface area contributed by atoms with Gasteiger partial charge in [0.05, 0.1) is 24.6 Å². The Morgan fingerprint density at radius 1 is 1.13 bits per heavy atom. The zero-order chi connectivity index (χ0) is 22.0. The molecular weight excluding hydrogens is 401 g/mol. The lowest BCUT2D eigenvalue weighted by atomic mass is 10.0. The fourth-order valence-corrected chi connectivity index (χ4v) is 3.15. The molecule has 2 aromatic carbocycles. The largest absolute Gasteiger partial charge is 0.497 e. The lowest BCUT2D eigenvalue weighted by Gasteiger charge is -2.18. The van der Waals surface area contributed by atoms with Crippen molar-refractivity contribution in [2.75, 3.05) is 12.4 Å². The van der Waals surface area contributed by atoms with Crippen molar-refractivity contribution in [3.05, 3.63) is 94.4 Å². The van der Waals surface area contributed by atoms with Gasteiger partial charge in [0.25, 0.3) is 5.91 Å². The summed E-state index contributed by atoms with van der Waals surface area (Å²) in [5, 5.41) is 7.07. The molecule has 8 heteroatoms. The van der Waals surface area contributed by atoms with Crippen LogP contribution in [0.5, 0.6) is 5.75 Å². The third-order valence-corrected chi connectivity index (χ3v) is 4.66. The second-order valence-corrected chi connectivity index (χ2v) is 6.69. The first-order valence-corrected chi connectivity index (χ1v) is 9.37. The average molecular weight is 419 g/mol. The highest BCUT2D eigenvalue weighted by molar-refractivity contribution is 6.04. The molecule has 0 aliphatic rings. The van der Waals surface area contributed by atoms with E-state index in [1.807, 2.05) is 0 Å². The quantitative estimate of drug-likeness (QED) is 0.524. The van der Waals surface area contributed by atoms with E-state index in [1.54, 1.807) is 37.3 Å². The minimum absolute atomic E-state index is 0.0651. The van der Waals surface area contributed by atoms with Crippen molar-refractivity contribution in [1.82, 2.24) is 9.78 Å². The first-order chi connectivity index (χ1) is 15.0. The number of hydrogen-bond acceptors (Lipinski definition) is 5. The van der Waals surface area contributed by atoms with Gasteiger partial charge in [-0.3, -0.25) is 9.59 Å². The van der Waals surface area contributed by atoms with Crippen LogP contribution in [0.25, 0.3) is 16.8 Å². The van der Waals surface area contributed by atoms with Gasteiger partial charge >= 0.3 is 0 Å². The lowest BCUT2D eigenvalue weighted by molar-refractivity contribution is 0.0996. The Morgan fingerprint density at radius 2 is 1.90 bits per heavy atom. The van der Waals surface area contributed by atoms with Crippen LogP contribution in [-0.4, -0.2) is 22.8 Å². The van der Waals surface area contributed by atoms with Crippen LogP contribution in [0.1, 0.15) is 16.2 Å². The number of benzene rings is 2. The number of nitrogens with one attached hydrogen (secondary N) is 1. The fourth-order valence-electron chi connectivity index (χ4n) is 3.15. The minimum Gasteiger partial charge on any atom is -0.497 e. The Kier molecular flexibility index (Phi) is 5.36. The number of furan rings is 1. The zero-order valence-corrected chi connectivity index (χ0v) is 16.8. The third kappa shape index (κ3) is 3.95. The monoisotopic (exact) mass is 419 g/mol. The van der Waals surface area contributed by atoms with Crippen molar-refractivity contribution < 1.29 is 18.3 Å². The average Bonchev–Trinajstić information content (AvgIpc) is 3.32. The van der Waals surface area contributed by atoms with Gasteiger partial charge in [-0.15, -0.1) is 0 Å². The molecule has 2 aromatic heterocycles. The summed E-state index contributed by atoms with van der Waals surface area (Å²) in [5.41, 5.74) is 1.05. The van der Waals surface area contributed by atoms with Crippen molar-refractivity contribution in [3.8, 4) is 22.6 Å². The first-order valence-electron chi connectivity index (χ1n) is 9.37. The zero-order valence-electron chi connectivity index (χ0n) is 16.8. The Morgan fingerprint density at radius 3 is 2.58 bits per heavy atom. The van der Waals surface area contributed by atoms with Crippen LogP contribution in [0.3, 0.4) is 0 Å². The lowest BCUT2D eigenvalue weighted by Crippen LogP contribution is -2.24. The van der Waals surface area contributed by atoms with Gasteiger partial charge in [0.1, 0.15) is 23.1 Å². The van der Waals surface area contributed by atoms with Crippen LogP contribution in [0.2, 0.25) is 0 Å². The highest BCUT2D eigenvalue weighted by Gasteiger charge is 2.22. The van der Waals surface area contributed by atoms with Gasteiger partial charge < -0.3 is 14.5 Å². The number of nitrogens with zero attached hydrogens (tertiary/aromatic N) is 2. The second-order valence-electron chi connectivity index (χ2n) is 6.69. The second kappa shape index (κ2) is 8.27. The Bertz CT molecular complexity index is 1300. The van der Waals surface area contributed by atoms with Gasteiger partial charge in [-0.1, -0.05) is 12.1 Å². The number of carbonyl (C=O) groups is 1. The first kappa shape index (κ1) is 20.1. The van der Waals surface area contributed by atoms with E-state index in [-0.39, 0.29) is 28.3 Å². The molecule has 0 aliphatic heterocycles. The van der Waals surface area contributed by atoms with E-state index in [0.717, 1.165) is 0 Å². The molecule has 7 nitrogen and oxygen atoms in total. The van der Waals surface area contributed by atoms with Crippen molar-refractivity contribution in [2.45, 2.75) is 6.92 Å². The topological polar surface area (TPSA) is 86.4 Å². The number of amides is 1. The number of aryl methyl sites for hydroxylation is 1. The number of hydrogen-bond donors (Lipinski definition) is 1. The summed E-state index contributed by atoms with van der Waals surface area (Å²) in [6, 6.07) is 15.5. The van der Waals surface area contributed by atoms with Gasteiger partial charge in [0.15, 0.2) is 5.76 Å². The molecule has 0 saturated heterocycles. The number of ether oxygens (including phenoxy) is 1. The molecule has 0 unspecified atom stereocenters. The molecule has 31 heavy (non-hydrogen) atoms. The highest BCUT2D eigenvalue weighted by atomic mass is 19.1. The summed E-state index contributed by atoms with van der Waals surface area (Å²) in [6.45, 7) is 1.57. The summed E-state index contributed by atoms with van der Waals surface area (Å²) in [4.78, 5) is 25.9. The van der Waals surface area contributed by atoms with E-state index >= 15 is 0 Å². The Labute approximate surface area is 176 Å². The molecule has 0 aliphatic carbocycles. The molecule has 2 heterocycles. The summed E-state index contributed by atoms with van der Waals surface area (Å²) < 4.78 is 25.4. The van der Waals surface area contributed by atoms with Gasteiger partial charge in [-0.25, -0.2) is 9.07 Å². The Hall–Kier alpha value is -4.20. The van der Waals surface area contributed by atoms with Crippen LogP contribution in [-0.2, 0) is 0 Å². The molecule has 0 radical (unpaired) electrons. The summed E-state index contributed by atoms with van der Waals surface area (Å²) in [5.74, 6) is -0.249. The molecule has 0 atom stereocenters. The van der Waals surface area contributed by atoms with Crippen molar-refractivity contribution in [1.29, 1.82) is 0 Å². The van der Waals surface area contributed by atoms with Gasteiger partial charge in [0, 0.05) is 0 Å². The number of aromatic nitrogens is 2.